The highest BCUT2D eigenvalue weighted by Crippen LogP contribution is 2.34. The summed E-state index contributed by atoms with van der Waals surface area (Å²) >= 11 is 0. The van der Waals surface area contributed by atoms with E-state index in [0.29, 0.717) is 16.5 Å². The Hall–Kier alpha value is -2.88. The molecule has 1 aliphatic rings. The summed E-state index contributed by atoms with van der Waals surface area (Å²) in [4.78, 5) is 27.6. The minimum atomic E-state index is -0.637. The number of pyridine rings is 1. The number of hydrogen-bond donors (Lipinski definition) is 1. The number of aromatic amines is 1. The van der Waals surface area contributed by atoms with Gasteiger partial charge >= 0.3 is 5.97 Å². The van der Waals surface area contributed by atoms with Crippen molar-refractivity contribution in [3.8, 4) is 0 Å². The number of esters is 1. The van der Waals surface area contributed by atoms with E-state index in [1.165, 1.54) is 0 Å². The smallest absolute Gasteiger partial charge is 0.339 e. The topological polar surface area (TPSA) is 59.2 Å². The van der Waals surface area contributed by atoms with E-state index in [0.717, 1.165) is 11.1 Å². The van der Waals surface area contributed by atoms with Gasteiger partial charge in [0.2, 0.25) is 0 Å². The number of carbonyl (C=O) groups excluding carboxylic acids is 1. The Morgan fingerprint density at radius 3 is 2.57 bits per heavy atom. The molecular formula is C17H11NO3. The largest absolute Gasteiger partial charge is 0.449 e. The van der Waals surface area contributed by atoms with Gasteiger partial charge in [-0.15, -0.1) is 0 Å². The molecule has 21 heavy (non-hydrogen) atoms. The second-order valence-electron chi connectivity index (χ2n) is 4.99. The highest BCUT2D eigenvalue weighted by Gasteiger charge is 2.33. The highest BCUT2D eigenvalue weighted by molar-refractivity contribution is 5.94. The van der Waals surface area contributed by atoms with Crippen molar-refractivity contribution >= 4 is 16.9 Å². The molecule has 1 aliphatic heterocycles. The van der Waals surface area contributed by atoms with Crippen molar-refractivity contribution in [1.29, 1.82) is 0 Å². The monoisotopic (exact) mass is 277 g/mol. The number of H-pyrrole nitrogens is 1. The van der Waals surface area contributed by atoms with E-state index in [1.54, 1.807) is 24.4 Å². The lowest BCUT2D eigenvalue weighted by molar-refractivity contribution is 0.0454. The van der Waals surface area contributed by atoms with Gasteiger partial charge in [0.15, 0.2) is 11.5 Å². The summed E-state index contributed by atoms with van der Waals surface area (Å²) < 4.78 is 5.39. The molecule has 1 aromatic heterocycles. The second kappa shape index (κ2) is 4.31. The molecule has 0 fully saturated rings. The van der Waals surface area contributed by atoms with E-state index in [9.17, 15) is 9.59 Å². The number of aromatic nitrogens is 1. The molecule has 0 bridgehead atoms. The summed E-state index contributed by atoms with van der Waals surface area (Å²) in [6, 6.07) is 14.4. The van der Waals surface area contributed by atoms with Crippen LogP contribution < -0.4 is 5.43 Å². The first kappa shape index (κ1) is 11.9. The fraction of sp³-hybridized carbons (Fsp3) is 0.0588. The highest BCUT2D eigenvalue weighted by atomic mass is 16.5. The Bertz CT molecular complexity index is 926. The van der Waals surface area contributed by atoms with Gasteiger partial charge in [0.25, 0.3) is 0 Å². The molecule has 0 spiro atoms. The van der Waals surface area contributed by atoms with E-state index in [1.807, 2.05) is 30.3 Å². The van der Waals surface area contributed by atoms with Crippen LogP contribution in [0.3, 0.4) is 0 Å². The molecule has 102 valence electrons. The molecule has 0 saturated carbocycles. The maximum atomic E-state index is 12.6. The summed E-state index contributed by atoms with van der Waals surface area (Å²) in [6.07, 6.45) is 0.993. The maximum Gasteiger partial charge on any atom is 0.339 e. The Morgan fingerprint density at radius 1 is 0.905 bits per heavy atom. The Morgan fingerprint density at radius 2 is 1.67 bits per heavy atom. The van der Waals surface area contributed by atoms with Crippen LogP contribution in [0.5, 0.6) is 0 Å². The Labute approximate surface area is 120 Å². The second-order valence-corrected chi connectivity index (χ2v) is 4.99. The third-order valence-corrected chi connectivity index (χ3v) is 3.79. The summed E-state index contributed by atoms with van der Waals surface area (Å²) in [5, 5.41) is 0.593. The zero-order valence-electron chi connectivity index (χ0n) is 11.0. The predicted molar refractivity (Wildman–Crippen MR) is 78.3 cm³/mol. The maximum absolute atomic E-state index is 12.6. The summed E-state index contributed by atoms with van der Waals surface area (Å²) in [5.41, 5.74) is 2.37. The van der Waals surface area contributed by atoms with E-state index in [-0.39, 0.29) is 11.4 Å². The molecule has 2 heterocycles. The minimum Gasteiger partial charge on any atom is -0.449 e. The van der Waals surface area contributed by atoms with Gasteiger partial charge in [-0.05, 0) is 18.2 Å². The fourth-order valence-corrected chi connectivity index (χ4v) is 2.75. The molecule has 0 aliphatic carbocycles. The molecule has 1 N–H and O–H groups in total. The molecule has 0 amide bonds. The zero-order chi connectivity index (χ0) is 14.4. The summed E-state index contributed by atoms with van der Waals surface area (Å²) in [6.45, 7) is 0. The summed E-state index contributed by atoms with van der Waals surface area (Å²) in [5.74, 6) is -0.386. The van der Waals surface area contributed by atoms with Crippen LogP contribution in [0.1, 0.15) is 27.6 Å². The molecule has 0 radical (unpaired) electrons. The van der Waals surface area contributed by atoms with Crippen LogP contribution in [-0.4, -0.2) is 11.0 Å². The van der Waals surface area contributed by atoms with Crippen LogP contribution in [0.15, 0.2) is 59.5 Å². The molecular weight excluding hydrogens is 266 g/mol. The minimum absolute atomic E-state index is 0.112. The number of rotatable bonds is 1. The molecule has 3 aromatic rings. The lowest BCUT2D eigenvalue weighted by Gasteiger charge is -2.11. The molecule has 2 aromatic carbocycles. The number of cyclic esters (lactones) is 1. The Kier molecular flexibility index (Phi) is 2.44. The number of carbonyl (C=O) groups is 1. The average Bonchev–Trinajstić information content (AvgIpc) is 2.86. The van der Waals surface area contributed by atoms with Crippen LogP contribution in [0.2, 0.25) is 0 Å². The predicted octanol–water partition coefficient (Wildman–Crippen LogP) is 2.79. The fourth-order valence-electron chi connectivity index (χ4n) is 2.75. The lowest BCUT2D eigenvalue weighted by atomic mass is 9.99. The first-order chi connectivity index (χ1) is 10.3. The van der Waals surface area contributed by atoms with Crippen molar-refractivity contribution in [2.24, 2.45) is 0 Å². The zero-order valence-corrected chi connectivity index (χ0v) is 11.0. The van der Waals surface area contributed by atoms with E-state index in [2.05, 4.69) is 4.98 Å². The number of para-hydroxylation sites is 1. The van der Waals surface area contributed by atoms with Crippen LogP contribution in [0.4, 0.5) is 0 Å². The van der Waals surface area contributed by atoms with E-state index < -0.39 is 6.10 Å². The van der Waals surface area contributed by atoms with E-state index >= 15 is 0 Å². The molecule has 4 rings (SSSR count). The first-order valence-electron chi connectivity index (χ1n) is 6.66. The van der Waals surface area contributed by atoms with Gasteiger partial charge in [0.05, 0.1) is 11.1 Å². The third-order valence-electron chi connectivity index (χ3n) is 3.79. The van der Waals surface area contributed by atoms with Gasteiger partial charge in [-0.3, -0.25) is 4.79 Å². The number of hydrogen-bond acceptors (Lipinski definition) is 3. The van der Waals surface area contributed by atoms with Crippen LogP contribution in [0.25, 0.3) is 10.9 Å². The molecule has 4 nitrogen and oxygen atoms in total. The molecule has 1 atom stereocenters. The third kappa shape index (κ3) is 1.69. The quantitative estimate of drug-likeness (QED) is 0.696. The average molecular weight is 277 g/mol. The van der Waals surface area contributed by atoms with Crippen molar-refractivity contribution in [3.05, 3.63) is 81.6 Å². The van der Waals surface area contributed by atoms with Gasteiger partial charge in [0, 0.05) is 22.7 Å². The van der Waals surface area contributed by atoms with Crippen molar-refractivity contribution in [1.82, 2.24) is 4.98 Å². The van der Waals surface area contributed by atoms with Gasteiger partial charge in [-0.2, -0.15) is 0 Å². The molecule has 0 saturated heterocycles. The molecule has 0 unspecified atom stereocenters. The lowest BCUT2D eigenvalue weighted by Crippen LogP contribution is -2.15. The van der Waals surface area contributed by atoms with Crippen molar-refractivity contribution in [3.63, 3.8) is 0 Å². The van der Waals surface area contributed by atoms with Gasteiger partial charge in [0.1, 0.15) is 0 Å². The SMILES string of the molecule is O=C1O[C@H](c2c[nH]c3ccccc3c2=O)c2ccccc21. The van der Waals surface area contributed by atoms with Gasteiger partial charge in [-0.1, -0.05) is 30.3 Å². The number of nitrogens with one attached hydrogen (secondary N) is 1. The normalized spacial score (nSPS) is 16.8. The van der Waals surface area contributed by atoms with Crippen LogP contribution >= 0.6 is 0 Å². The van der Waals surface area contributed by atoms with Crippen molar-refractivity contribution < 1.29 is 9.53 Å². The number of benzene rings is 2. The van der Waals surface area contributed by atoms with Crippen molar-refractivity contribution in [2.75, 3.05) is 0 Å². The molecule has 4 heteroatoms. The van der Waals surface area contributed by atoms with Crippen LogP contribution in [-0.2, 0) is 4.74 Å². The number of fused-ring (bicyclic) bond motifs is 2. The summed E-state index contributed by atoms with van der Waals surface area (Å²) in [7, 11) is 0. The van der Waals surface area contributed by atoms with Gasteiger partial charge in [-0.25, -0.2) is 4.79 Å². The Balaban J connectivity index is 1.95. The first-order valence-corrected chi connectivity index (χ1v) is 6.66. The van der Waals surface area contributed by atoms with Crippen molar-refractivity contribution in [2.45, 2.75) is 6.10 Å². The standard InChI is InChI=1S/C17H11NO3/c19-15-12-7-3-4-8-14(12)18-9-13(15)16-10-5-1-2-6-11(10)17(20)21-16/h1-9,16H,(H,18,19)/t16-/m0/s1. The van der Waals surface area contributed by atoms with Gasteiger partial charge < -0.3 is 9.72 Å². The van der Waals surface area contributed by atoms with E-state index in [4.69, 9.17) is 4.74 Å². The van der Waals surface area contributed by atoms with Crippen LogP contribution in [0, 0.1) is 0 Å². The number of ether oxygens (including phenoxy) is 1.